The Morgan fingerprint density at radius 3 is 2.91 bits per heavy atom. The first-order valence-electron chi connectivity index (χ1n) is 7.64. The van der Waals surface area contributed by atoms with E-state index in [0.29, 0.717) is 17.1 Å². The summed E-state index contributed by atoms with van der Waals surface area (Å²) >= 11 is 0. The normalized spacial score (nSPS) is 23.4. The highest BCUT2D eigenvalue weighted by Gasteiger charge is 2.26. The molecule has 1 aromatic rings. The van der Waals surface area contributed by atoms with E-state index >= 15 is 0 Å². The van der Waals surface area contributed by atoms with Crippen LogP contribution < -0.4 is 20.7 Å². The molecule has 2 atom stereocenters. The first-order valence-corrected chi connectivity index (χ1v) is 7.64. The molecule has 1 saturated carbocycles. The standard InChI is InChI=1S/C16H21N3O3.ClH/c1-19-13-8-12(5-6-14(13)22-9-15(19)20)18-16(21)10-3-2-4-11(17)7-10;/h5-6,8,10-11H,2-4,7,9,17H2,1H3,(H,18,21);1H. The lowest BCUT2D eigenvalue weighted by molar-refractivity contribution is -0.121. The van der Waals surface area contributed by atoms with Crippen molar-refractivity contribution < 1.29 is 14.3 Å². The minimum Gasteiger partial charge on any atom is -0.482 e. The summed E-state index contributed by atoms with van der Waals surface area (Å²) in [6, 6.07) is 5.46. The fourth-order valence-corrected chi connectivity index (χ4v) is 3.06. The van der Waals surface area contributed by atoms with Crippen molar-refractivity contribution in [3.05, 3.63) is 18.2 Å². The van der Waals surface area contributed by atoms with Crippen molar-refractivity contribution in [3.63, 3.8) is 0 Å². The van der Waals surface area contributed by atoms with Gasteiger partial charge in [-0.25, -0.2) is 0 Å². The first-order chi connectivity index (χ1) is 10.5. The molecule has 7 heteroatoms. The van der Waals surface area contributed by atoms with Gasteiger partial charge in [0.15, 0.2) is 6.61 Å². The second-order valence-electron chi connectivity index (χ2n) is 6.04. The van der Waals surface area contributed by atoms with Crippen molar-refractivity contribution in [1.29, 1.82) is 0 Å². The van der Waals surface area contributed by atoms with Crippen molar-refractivity contribution in [1.82, 2.24) is 0 Å². The molecule has 0 spiro atoms. The number of hydrogen-bond acceptors (Lipinski definition) is 4. The van der Waals surface area contributed by atoms with Gasteiger partial charge in [-0.1, -0.05) is 6.42 Å². The third-order valence-electron chi connectivity index (χ3n) is 4.40. The van der Waals surface area contributed by atoms with E-state index in [1.165, 1.54) is 0 Å². The zero-order chi connectivity index (χ0) is 15.7. The number of likely N-dealkylation sites (N-methyl/N-ethyl adjacent to an activating group) is 1. The molecule has 0 radical (unpaired) electrons. The molecule has 0 bridgehead atoms. The molecule has 23 heavy (non-hydrogen) atoms. The van der Waals surface area contributed by atoms with Gasteiger partial charge in [0.05, 0.1) is 5.69 Å². The van der Waals surface area contributed by atoms with Crippen LogP contribution in [0.4, 0.5) is 11.4 Å². The van der Waals surface area contributed by atoms with Crippen LogP contribution in [0.2, 0.25) is 0 Å². The van der Waals surface area contributed by atoms with E-state index in [9.17, 15) is 9.59 Å². The molecule has 1 aliphatic heterocycles. The predicted octanol–water partition coefficient (Wildman–Crippen LogP) is 1.92. The lowest BCUT2D eigenvalue weighted by atomic mass is 9.85. The zero-order valence-corrected chi connectivity index (χ0v) is 13.9. The number of rotatable bonds is 2. The Bertz CT molecular complexity index is 608. The van der Waals surface area contributed by atoms with Crippen molar-refractivity contribution in [2.75, 3.05) is 23.9 Å². The van der Waals surface area contributed by atoms with Gasteiger partial charge in [0.2, 0.25) is 5.91 Å². The predicted molar refractivity (Wildman–Crippen MR) is 91.2 cm³/mol. The number of nitrogens with zero attached hydrogens (tertiary/aromatic N) is 1. The maximum atomic E-state index is 12.3. The van der Waals surface area contributed by atoms with E-state index in [2.05, 4.69) is 5.32 Å². The van der Waals surface area contributed by atoms with Gasteiger partial charge in [-0.3, -0.25) is 9.59 Å². The van der Waals surface area contributed by atoms with Gasteiger partial charge < -0.3 is 20.7 Å². The van der Waals surface area contributed by atoms with Gasteiger partial charge in [-0.15, -0.1) is 12.4 Å². The third-order valence-corrected chi connectivity index (χ3v) is 4.40. The number of nitrogens with one attached hydrogen (secondary N) is 1. The number of hydrogen-bond donors (Lipinski definition) is 2. The summed E-state index contributed by atoms with van der Waals surface area (Å²) < 4.78 is 5.38. The molecule has 2 aliphatic rings. The van der Waals surface area contributed by atoms with Crippen molar-refractivity contribution >= 4 is 35.6 Å². The lowest BCUT2D eigenvalue weighted by Gasteiger charge is -2.27. The highest BCUT2D eigenvalue weighted by Crippen LogP contribution is 2.34. The van der Waals surface area contributed by atoms with Gasteiger partial charge >= 0.3 is 0 Å². The van der Waals surface area contributed by atoms with Crippen LogP contribution >= 0.6 is 12.4 Å². The fraction of sp³-hybridized carbons (Fsp3) is 0.500. The molecule has 1 heterocycles. The number of fused-ring (bicyclic) bond motifs is 1. The summed E-state index contributed by atoms with van der Waals surface area (Å²) in [7, 11) is 1.70. The number of nitrogens with two attached hydrogens (primary N) is 1. The number of ether oxygens (including phenoxy) is 1. The number of benzene rings is 1. The molecule has 6 nitrogen and oxygen atoms in total. The molecule has 2 unspecified atom stereocenters. The molecule has 1 aromatic carbocycles. The molecular formula is C16H22ClN3O3. The van der Waals surface area contributed by atoms with Crippen LogP contribution in [0.15, 0.2) is 18.2 Å². The highest BCUT2D eigenvalue weighted by atomic mass is 35.5. The van der Waals surface area contributed by atoms with Gasteiger partial charge in [0.1, 0.15) is 5.75 Å². The summed E-state index contributed by atoms with van der Waals surface area (Å²) in [6.45, 7) is 0.0508. The van der Waals surface area contributed by atoms with Crippen molar-refractivity contribution in [2.24, 2.45) is 11.7 Å². The van der Waals surface area contributed by atoms with E-state index in [1.807, 2.05) is 0 Å². The molecule has 126 valence electrons. The second-order valence-corrected chi connectivity index (χ2v) is 6.04. The summed E-state index contributed by atoms with van der Waals surface area (Å²) in [5, 5.41) is 2.93. The minimum atomic E-state index is -0.103. The van der Waals surface area contributed by atoms with E-state index < -0.39 is 0 Å². The Morgan fingerprint density at radius 2 is 2.17 bits per heavy atom. The largest absolute Gasteiger partial charge is 0.482 e. The van der Waals surface area contributed by atoms with E-state index in [1.54, 1.807) is 30.1 Å². The highest BCUT2D eigenvalue weighted by molar-refractivity contribution is 5.99. The molecular weight excluding hydrogens is 318 g/mol. The number of amides is 2. The van der Waals surface area contributed by atoms with E-state index in [-0.39, 0.29) is 42.8 Å². The maximum absolute atomic E-state index is 12.3. The quantitative estimate of drug-likeness (QED) is 0.862. The van der Waals surface area contributed by atoms with Gasteiger partial charge in [0, 0.05) is 24.7 Å². The molecule has 3 rings (SSSR count). The lowest BCUT2D eigenvalue weighted by Crippen LogP contribution is -2.36. The van der Waals surface area contributed by atoms with Crippen LogP contribution in [-0.4, -0.2) is 31.5 Å². The topological polar surface area (TPSA) is 84.7 Å². The Kier molecular flexibility index (Phi) is 5.49. The summed E-state index contributed by atoms with van der Waals surface area (Å²) in [6.07, 6.45) is 3.60. The van der Waals surface area contributed by atoms with Crippen LogP contribution in [0.3, 0.4) is 0 Å². The summed E-state index contributed by atoms with van der Waals surface area (Å²) in [5.74, 6) is 0.519. The summed E-state index contributed by atoms with van der Waals surface area (Å²) in [5.41, 5.74) is 7.29. The van der Waals surface area contributed by atoms with Crippen LogP contribution in [0.25, 0.3) is 0 Å². The molecule has 2 amide bonds. The van der Waals surface area contributed by atoms with Crippen molar-refractivity contribution in [3.8, 4) is 5.75 Å². The zero-order valence-electron chi connectivity index (χ0n) is 13.1. The smallest absolute Gasteiger partial charge is 0.264 e. The van der Waals surface area contributed by atoms with Gasteiger partial charge in [-0.2, -0.15) is 0 Å². The number of carbonyl (C=O) groups is 2. The molecule has 1 aliphatic carbocycles. The van der Waals surface area contributed by atoms with Gasteiger partial charge in [0.25, 0.3) is 5.91 Å². The maximum Gasteiger partial charge on any atom is 0.264 e. The Balaban J connectivity index is 0.00000192. The van der Waals surface area contributed by atoms with Crippen LogP contribution in [0, 0.1) is 5.92 Å². The molecule has 0 aromatic heterocycles. The number of carbonyl (C=O) groups excluding carboxylic acids is 2. The minimum absolute atomic E-state index is 0. The fourth-order valence-electron chi connectivity index (χ4n) is 3.06. The number of halogens is 1. The average Bonchev–Trinajstić information content (AvgIpc) is 2.51. The van der Waals surface area contributed by atoms with Crippen LogP contribution in [-0.2, 0) is 9.59 Å². The van der Waals surface area contributed by atoms with E-state index in [0.717, 1.165) is 25.7 Å². The molecule has 0 saturated heterocycles. The third kappa shape index (κ3) is 3.76. The number of anilines is 2. The Labute approximate surface area is 141 Å². The summed E-state index contributed by atoms with van der Waals surface area (Å²) in [4.78, 5) is 25.6. The molecule has 3 N–H and O–H groups in total. The Morgan fingerprint density at radius 1 is 1.39 bits per heavy atom. The van der Waals surface area contributed by atoms with Crippen molar-refractivity contribution in [2.45, 2.75) is 31.7 Å². The monoisotopic (exact) mass is 339 g/mol. The molecule has 1 fully saturated rings. The van der Waals surface area contributed by atoms with E-state index in [4.69, 9.17) is 10.5 Å². The van der Waals surface area contributed by atoms with Crippen LogP contribution in [0.5, 0.6) is 5.75 Å². The SMILES string of the molecule is CN1C(=O)COc2ccc(NC(=O)C3CCCC(N)C3)cc21.Cl. The average molecular weight is 340 g/mol. The van der Waals surface area contributed by atoms with Gasteiger partial charge in [-0.05, 0) is 37.5 Å². The first kappa shape index (κ1) is 17.6. The second kappa shape index (κ2) is 7.19. The van der Waals surface area contributed by atoms with Crippen LogP contribution in [0.1, 0.15) is 25.7 Å². The Hall–Kier alpha value is -1.79.